The molecule has 1 unspecified atom stereocenters. The molecule has 0 radical (unpaired) electrons. The maximum Gasteiger partial charge on any atom is 0.428 e. The summed E-state index contributed by atoms with van der Waals surface area (Å²) in [5, 5.41) is 33.4. The number of aliphatic hydroxyl groups excluding tert-OH is 1. The highest BCUT2D eigenvalue weighted by molar-refractivity contribution is 5.89. The van der Waals surface area contributed by atoms with Crippen LogP contribution in [0.1, 0.15) is 34.3 Å². The zero-order chi connectivity index (χ0) is 22.6. The summed E-state index contributed by atoms with van der Waals surface area (Å²) in [4.78, 5) is 9.40. The number of nitrogens with one attached hydrogen (secondary N) is 3. The number of H-pyrrole nitrogens is 2. The molecule has 0 saturated carbocycles. The van der Waals surface area contributed by atoms with Crippen molar-refractivity contribution in [2.24, 2.45) is 0 Å². The number of fused-ring (bicyclic) bond motifs is 2. The number of aromatic amines is 2. The molecule has 4 aromatic rings. The second kappa shape index (κ2) is 7.09. The van der Waals surface area contributed by atoms with Gasteiger partial charge in [-0.15, -0.1) is 0 Å². The van der Waals surface area contributed by atoms with E-state index in [-0.39, 0.29) is 27.5 Å². The average molecular weight is 429 g/mol. The SMILES string of the molecule is CN[C@H](O)c1cc(C)c2[nH]ccc2c1C(O)(c1nc2ccc(C#N)cc2[nH]1)C(F)(F)F. The number of hydrogen-bond acceptors (Lipinski definition) is 5. The Morgan fingerprint density at radius 2 is 1.97 bits per heavy atom. The fraction of sp³-hybridized carbons (Fsp3) is 0.238. The first-order valence-electron chi connectivity index (χ1n) is 9.27. The lowest BCUT2D eigenvalue weighted by Gasteiger charge is -2.32. The molecule has 7 nitrogen and oxygen atoms in total. The third-order valence-electron chi connectivity index (χ3n) is 5.37. The van der Waals surface area contributed by atoms with E-state index in [1.54, 1.807) is 6.92 Å². The van der Waals surface area contributed by atoms with E-state index >= 15 is 0 Å². The molecule has 0 bridgehead atoms. The minimum absolute atomic E-state index is 0.0993. The van der Waals surface area contributed by atoms with E-state index in [0.717, 1.165) is 0 Å². The van der Waals surface area contributed by atoms with E-state index in [1.165, 1.54) is 43.6 Å². The van der Waals surface area contributed by atoms with Gasteiger partial charge in [-0.2, -0.15) is 18.4 Å². The van der Waals surface area contributed by atoms with E-state index < -0.39 is 29.4 Å². The summed E-state index contributed by atoms with van der Waals surface area (Å²) < 4.78 is 43.7. The maximum absolute atomic E-state index is 14.6. The van der Waals surface area contributed by atoms with E-state index in [9.17, 15) is 23.4 Å². The molecule has 4 rings (SSSR count). The van der Waals surface area contributed by atoms with Crippen LogP contribution in [0, 0.1) is 18.3 Å². The molecule has 0 saturated heterocycles. The van der Waals surface area contributed by atoms with Gasteiger partial charge in [0.2, 0.25) is 5.60 Å². The Labute approximate surface area is 174 Å². The highest BCUT2D eigenvalue weighted by Crippen LogP contribution is 2.48. The number of halogens is 3. The van der Waals surface area contributed by atoms with Crippen LogP contribution in [0.5, 0.6) is 0 Å². The van der Waals surface area contributed by atoms with Crippen molar-refractivity contribution in [2.45, 2.75) is 24.9 Å². The van der Waals surface area contributed by atoms with Crippen molar-refractivity contribution in [3.63, 3.8) is 0 Å². The molecule has 0 aliphatic rings. The van der Waals surface area contributed by atoms with Crippen LogP contribution in [0.25, 0.3) is 21.9 Å². The highest BCUT2D eigenvalue weighted by atomic mass is 19.4. The zero-order valence-corrected chi connectivity index (χ0v) is 16.5. The second-order valence-electron chi connectivity index (χ2n) is 7.25. The number of alkyl halides is 3. The smallest absolute Gasteiger partial charge is 0.374 e. The number of hydrogen-bond donors (Lipinski definition) is 5. The molecular weight excluding hydrogens is 411 g/mol. The quantitative estimate of drug-likeness (QED) is 0.319. The second-order valence-corrected chi connectivity index (χ2v) is 7.25. The summed E-state index contributed by atoms with van der Waals surface area (Å²) in [6.07, 6.45) is -5.21. The first-order chi connectivity index (χ1) is 14.6. The van der Waals surface area contributed by atoms with Crippen LogP contribution in [0.2, 0.25) is 0 Å². The van der Waals surface area contributed by atoms with Gasteiger partial charge in [0.1, 0.15) is 6.23 Å². The van der Waals surface area contributed by atoms with Gasteiger partial charge in [0.15, 0.2) is 5.82 Å². The molecule has 31 heavy (non-hydrogen) atoms. The Morgan fingerprint density at radius 1 is 1.23 bits per heavy atom. The molecule has 2 aromatic carbocycles. The average Bonchev–Trinajstić information content (AvgIpc) is 3.38. The Hall–Kier alpha value is -3.39. The van der Waals surface area contributed by atoms with Gasteiger partial charge in [-0.25, -0.2) is 4.98 Å². The number of aryl methyl sites for hydroxylation is 1. The molecule has 0 fully saturated rings. The van der Waals surface area contributed by atoms with Crippen LogP contribution >= 0.6 is 0 Å². The van der Waals surface area contributed by atoms with E-state index in [4.69, 9.17) is 5.26 Å². The molecule has 160 valence electrons. The number of rotatable bonds is 4. The van der Waals surface area contributed by atoms with Crippen LogP contribution < -0.4 is 5.32 Å². The van der Waals surface area contributed by atoms with E-state index in [0.29, 0.717) is 11.1 Å². The van der Waals surface area contributed by atoms with Gasteiger partial charge in [-0.3, -0.25) is 5.32 Å². The molecule has 10 heteroatoms. The number of aromatic nitrogens is 3. The van der Waals surface area contributed by atoms with Crippen molar-refractivity contribution in [1.29, 1.82) is 5.26 Å². The largest absolute Gasteiger partial charge is 0.428 e. The summed E-state index contributed by atoms with van der Waals surface area (Å²) in [7, 11) is 1.39. The lowest BCUT2D eigenvalue weighted by Crippen LogP contribution is -2.45. The summed E-state index contributed by atoms with van der Waals surface area (Å²) in [6, 6.07) is 8.89. The molecule has 2 heterocycles. The standard InChI is InChI=1S/C21H18F3N5O2/c1-10-7-13(18(30)26-2)16(12-5-6-27-17(10)12)20(31,21(22,23)24)19-28-14-4-3-11(9-25)8-15(14)29-19/h3-8,18,26-27,30-31H,1-2H3,(H,28,29)/t18-,20?/m1/s1. The Balaban J connectivity index is 2.11. The minimum atomic E-state index is -5.19. The molecule has 0 spiro atoms. The Bertz CT molecular complexity index is 1330. The predicted octanol–water partition coefficient (Wildman–Crippen LogP) is 3.23. The van der Waals surface area contributed by atoms with Crippen molar-refractivity contribution >= 4 is 21.9 Å². The van der Waals surface area contributed by atoms with Gasteiger partial charge in [-0.05, 0) is 49.9 Å². The van der Waals surface area contributed by atoms with Crippen LogP contribution in [0.4, 0.5) is 13.2 Å². The molecule has 2 atom stereocenters. The topological polar surface area (TPSA) is 121 Å². The van der Waals surface area contributed by atoms with Crippen LogP contribution in [0.3, 0.4) is 0 Å². The van der Waals surface area contributed by atoms with Crippen molar-refractivity contribution in [3.8, 4) is 6.07 Å². The number of imidazole rings is 1. The fourth-order valence-electron chi connectivity index (χ4n) is 3.86. The number of aliphatic hydroxyl groups is 2. The normalized spacial score (nSPS) is 15.2. The van der Waals surface area contributed by atoms with Gasteiger partial charge in [0.05, 0.1) is 22.7 Å². The number of nitrogens with zero attached hydrogens (tertiary/aromatic N) is 2. The van der Waals surface area contributed by atoms with E-state index in [1.807, 2.05) is 6.07 Å². The Kier molecular flexibility index (Phi) is 4.77. The summed E-state index contributed by atoms with van der Waals surface area (Å²) in [5.74, 6) is -0.763. The van der Waals surface area contributed by atoms with Gasteiger partial charge in [-0.1, -0.05) is 0 Å². The Morgan fingerprint density at radius 3 is 2.61 bits per heavy atom. The molecular formula is C21H18F3N5O2. The molecule has 0 amide bonds. The summed E-state index contributed by atoms with van der Waals surface area (Å²) >= 11 is 0. The molecule has 0 aliphatic carbocycles. The summed E-state index contributed by atoms with van der Waals surface area (Å²) in [5.41, 5.74) is -2.69. The third-order valence-corrected chi connectivity index (χ3v) is 5.37. The monoisotopic (exact) mass is 429 g/mol. The molecule has 2 aromatic heterocycles. The van der Waals surface area contributed by atoms with Gasteiger partial charge in [0.25, 0.3) is 0 Å². The first kappa shape index (κ1) is 20.9. The van der Waals surface area contributed by atoms with Crippen LogP contribution in [-0.4, -0.2) is 38.4 Å². The third kappa shape index (κ3) is 3.06. The first-order valence-corrected chi connectivity index (χ1v) is 9.27. The lowest BCUT2D eigenvalue weighted by molar-refractivity contribution is -0.250. The van der Waals surface area contributed by atoms with Crippen molar-refractivity contribution in [3.05, 3.63) is 64.6 Å². The zero-order valence-electron chi connectivity index (χ0n) is 16.5. The minimum Gasteiger partial charge on any atom is -0.374 e. The number of nitriles is 1. The van der Waals surface area contributed by atoms with E-state index in [2.05, 4.69) is 20.3 Å². The maximum atomic E-state index is 14.6. The molecule has 5 N–H and O–H groups in total. The van der Waals surface area contributed by atoms with Gasteiger partial charge in [0, 0.05) is 28.2 Å². The molecule has 0 aliphatic heterocycles. The van der Waals surface area contributed by atoms with Crippen molar-refractivity contribution in [1.82, 2.24) is 20.3 Å². The van der Waals surface area contributed by atoms with Crippen molar-refractivity contribution < 1.29 is 23.4 Å². The highest BCUT2D eigenvalue weighted by Gasteiger charge is 2.60. The van der Waals surface area contributed by atoms with Gasteiger partial charge >= 0.3 is 6.18 Å². The number of benzene rings is 2. The predicted molar refractivity (Wildman–Crippen MR) is 107 cm³/mol. The fourth-order valence-corrected chi connectivity index (χ4v) is 3.86. The summed E-state index contributed by atoms with van der Waals surface area (Å²) in [6.45, 7) is 1.69. The van der Waals surface area contributed by atoms with Crippen LogP contribution in [-0.2, 0) is 5.60 Å². The van der Waals surface area contributed by atoms with Crippen molar-refractivity contribution in [2.75, 3.05) is 7.05 Å². The van der Waals surface area contributed by atoms with Crippen LogP contribution in [0.15, 0.2) is 36.5 Å². The lowest BCUT2D eigenvalue weighted by atomic mass is 9.84. The van der Waals surface area contributed by atoms with Gasteiger partial charge < -0.3 is 20.2 Å².